The lowest BCUT2D eigenvalue weighted by Gasteiger charge is -2.24. The Morgan fingerprint density at radius 2 is 2.00 bits per heavy atom. The van der Waals surface area contributed by atoms with Gasteiger partial charge in [-0.3, -0.25) is 4.79 Å². The molecule has 2 aromatic carbocycles. The molecule has 0 bridgehead atoms. The van der Waals surface area contributed by atoms with Gasteiger partial charge in [0.15, 0.2) is 0 Å². The summed E-state index contributed by atoms with van der Waals surface area (Å²) in [6.45, 7) is 5.36. The average molecular weight is 375 g/mol. The number of hydrogen-bond acceptors (Lipinski definition) is 3. The van der Waals surface area contributed by atoms with Crippen molar-refractivity contribution >= 4 is 35.0 Å². The Labute approximate surface area is 158 Å². The van der Waals surface area contributed by atoms with Crippen LogP contribution in [0.15, 0.2) is 53.4 Å². The van der Waals surface area contributed by atoms with Crippen molar-refractivity contribution in [3.63, 3.8) is 0 Å². The molecule has 3 nitrogen and oxygen atoms in total. The Kier molecular flexibility index (Phi) is 6.05. The van der Waals surface area contributed by atoms with E-state index in [-0.39, 0.29) is 11.9 Å². The number of carbonyl (C=O) groups excluding carboxylic acids is 1. The smallest absolute Gasteiger partial charge is 0.240 e. The van der Waals surface area contributed by atoms with Gasteiger partial charge in [0.05, 0.1) is 12.2 Å². The first-order valence-corrected chi connectivity index (χ1v) is 9.85. The predicted molar refractivity (Wildman–Crippen MR) is 107 cm³/mol. The third-order valence-electron chi connectivity index (χ3n) is 4.47. The van der Waals surface area contributed by atoms with Gasteiger partial charge in [-0.15, -0.1) is 11.8 Å². The van der Waals surface area contributed by atoms with Gasteiger partial charge in [-0.05, 0) is 43.2 Å². The highest BCUT2D eigenvalue weighted by Crippen LogP contribution is 2.37. The molecule has 1 amide bonds. The lowest BCUT2D eigenvalue weighted by molar-refractivity contribution is -0.117. The van der Waals surface area contributed by atoms with Crippen LogP contribution in [0.25, 0.3) is 0 Å². The number of rotatable bonds is 4. The van der Waals surface area contributed by atoms with Crippen molar-refractivity contribution in [3.8, 4) is 0 Å². The number of thioether (sulfide) groups is 1. The normalized spacial score (nSPS) is 18.4. The first-order chi connectivity index (χ1) is 12.0. The number of anilines is 1. The molecule has 0 spiro atoms. The Morgan fingerprint density at radius 3 is 2.76 bits per heavy atom. The predicted octanol–water partition coefficient (Wildman–Crippen LogP) is 4.91. The number of nitrogens with zero attached hydrogens (tertiary/aromatic N) is 1. The minimum Gasteiger partial charge on any atom is -0.310 e. The summed E-state index contributed by atoms with van der Waals surface area (Å²) in [6.07, 6.45) is 0.998. The maximum Gasteiger partial charge on any atom is 0.240 e. The van der Waals surface area contributed by atoms with Crippen LogP contribution in [0.3, 0.4) is 0 Å². The average Bonchev–Trinajstić information content (AvgIpc) is 2.78. The summed E-state index contributed by atoms with van der Waals surface area (Å²) in [4.78, 5) is 16.0. The molecule has 1 N–H and O–H groups in total. The molecule has 0 unspecified atom stereocenters. The Balaban J connectivity index is 1.67. The first-order valence-electron chi connectivity index (χ1n) is 8.59. The number of nitrogens with one attached hydrogen (secondary N) is 1. The summed E-state index contributed by atoms with van der Waals surface area (Å²) in [6, 6.07) is 16.0. The van der Waals surface area contributed by atoms with Crippen LogP contribution in [0.1, 0.15) is 31.9 Å². The molecule has 5 heteroatoms. The van der Waals surface area contributed by atoms with Gasteiger partial charge in [0.1, 0.15) is 0 Å². The molecule has 1 heterocycles. The van der Waals surface area contributed by atoms with Crippen LogP contribution >= 0.6 is 23.4 Å². The molecule has 1 aliphatic rings. The molecule has 0 fully saturated rings. The number of para-hydroxylation sites is 1. The zero-order valence-electron chi connectivity index (χ0n) is 14.5. The molecule has 3 rings (SSSR count). The molecule has 0 saturated heterocycles. The van der Waals surface area contributed by atoms with Crippen molar-refractivity contribution < 1.29 is 4.79 Å². The quantitative estimate of drug-likeness (QED) is 0.825. The largest absolute Gasteiger partial charge is 0.310 e. The SMILES string of the molecule is C[C@@H]1CCN(C(=O)CN[C@H](C)c2ccc(Cl)cc2)c2ccccc2S1. The van der Waals surface area contributed by atoms with Crippen LogP contribution in [0.2, 0.25) is 5.02 Å². The molecule has 1 aliphatic heterocycles. The summed E-state index contributed by atoms with van der Waals surface area (Å²) < 4.78 is 0. The fraction of sp³-hybridized carbons (Fsp3) is 0.350. The van der Waals surface area contributed by atoms with Crippen LogP contribution in [0, 0.1) is 0 Å². The molecular formula is C20H23ClN2OS. The van der Waals surface area contributed by atoms with Crippen LogP contribution < -0.4 is 10.2 Å². The molecular weight excluding hydrogens is 352 g/mol. The Hall–Kier alpha value is -1.49. The zero-order chi connectivity index (χ0) is 17.8. The van der Waals surface area contributed by atoms with Gasteiger partial charge >= 0.3 is 0 Å². The molecule has 132 valence electrons. The minimum absolute atomic E-state index is 0.0942. The van der Waals surface area contributed by atoms with Gasteiger partial charge in [-0.2, -0.15) is 0 Å². The lowest BCUT2D eigenvalue weighted by Crippen LogP contribution is -2.39. The van der Waals surface area contributed by atoms with Gasteiger partial charge in [0, 0.05) is 27.8 Å². The minimum atomic E-state index is 0.0942. The number of fused-ring (bicyclic) bond motifs is 1. The molecule has 0 radical (unpaired) electrons. The number of benzene rings is 2. The maximum atomic E-state index is 12.8. The van der Waals surface area contributed by atoms with E-state index in [1.165, 1.54) is 4.90 Å². The summed E-state index contributed by atoms with van der Waals surface area (Å²) >= 11 is 7.79. The number of halogens is 1. The van der Waals surface area contributed by atoms with E-state index in [0.717, 1.165) is 29.2 Å². The highest BCUT2D eigenvalue weighted by atomic mass is 35.5. The summed E-state index contributed by atoms with van der Waals surface area (Å²) in [7, 11) is 0. The van der Waals surface area contributed by atoms with Gasteiger partial charge in [-0.25, -0.2) is 0 Å². The van der Waals surface area contributed by atoms with Gasteiger partial charge in [-0.1, -0.05) is 42.8 Å². The maximum absolute atomic E-state index is 12.8. The van der Waals surface area contributed by atoms with E-state index in [2.05, 4.69) is 25.2 Å². The van der Waals surface area contributed by atoms with Crippen molar-refractivity contribution in [2.45, 2.75) is 36.5 Å². The fourth-order valence-corrected chi connectivity index (χ4v) is 4.19. The second-order valence-electron chi connectivity index (χ2n) is 6.38. The molecule has 2 atom stereocenters. The standard InChI is InChI=1S/C20H23ClN2OS/c1-14-11-12-23(18-5-3-4-6-19(18)25-14)20(24)13-22-15(2)16-7-9-17(21)10-8-16/h3-10,14-15,22H,11-13H2,1-2H3/t14-,15-/m1/s1. The second-order valence-corrected chi connectivity index (χ2v) is 8.30. The summed E-state index contributed by atoms with van der Waals surface area (Å²) in [5.74, 6) is 0.114. The van der Waals surface area contributed by atoms with Crippen molar-refractivity contribution in [2.75, 3.05) is 18.0 Å². The first kappa shape index (κ1) is 18.3. The molecule has 2 aromatic rings. The fourth-order valence-electron chi connectivity index (χ4n) is 2.95. The molecule has 0 aromatic heterocycles. The van der Waals surface area contributed by atoms with E-state index in [4.69, 9.17) is 11.6 Å². The van der Waals surface area contributed by atoms with Gasteiger partial charge in [0.2, 0.25) is 5.91 Å². The van der Waals surface area contributed by atoms with Crippen LogP contribution in [-0.4, -0.2) is 24.2 Å². The number of hydrogen-bond donors (Lipinski definition) is 1. The number of carbonyl (C=O) groups is 1. The van der Waals surface area contributed by atoms with E-state index >= 15 is 0 Å². The van der Waals surface area contributed by atoms with E-state index in [1.54, 1.807) is 0 Å². The topological polar surface area (TPSA) is 32.3 Å². The van der Waals surface area contributed by atoms with E-state index in [1.807, 2.05) is 59.1 Å². The second kappa shape index (κ2) is 8.26. The van der Waals surface area contributed by atoms with E-state index in [0.29, 0.717) is 11.8 Å². The number of amides is 1. The Morgan fingerprint density at radius 1 is 1.28 bits per heavy atom. The van der Waals surface area contributed by atoms with E-state index in [9.17, 15) is 4.79 Å². The highest BCUT2D eigenvalue weighted by molar-refractivity contribution is 8.00. The van der Waals surface area contributed by atoms with Crippen LogP contribution in [0.4, 0.5) is 5.69 Å². The van der Waals surface area contributed by atoms with Gasteiger partial charge in [0.25, 0.3) is 0 Å². The Bertz CT molecular complexity index is 735. The van der Waals surface area contributed by atoms with Crippen molar-refractivity contribution in [3.05, 3.63) is 59.1 Å². The molecule has 0 saturated carbocycles. The third-order valence-corrected chi connectivity index (χ3v) is 5.96. The third kappa shape index (κ3) is 4.57. The monoisotopic (exact) mass is 374 g/mol. The van der Waals surface area contributed by atoms with Crippen molar-refractivity contribution in [1.82, 2.24) is 5.32 Å². The lowest BCUT2D eigenvalue weighted by atomic mass is 10.1. The van der Waals surface area contributed by atoms with Crippen LogP contribution in [-0.2, 0) is 4.79 Å². The summed E-state index contributed by atoms with van der Waals surface area (Å²) in [5.41, 5.74) is 2.15. The highest BCUT2D eigenvalue weighted by Gasteiger charge is 2.24. The van der Waals surface area contributed by atoms with Crippen molar-refractivity contribution in [1.29, 1.82) is 0 Å². The van der Waals surface area contributed by atoms with E-state index < -0.39 is 0 Å². The zero-order valence-corrected chi connectivity index (χ0v) is 16.1. The van der Waals surface area contributed by atoms with Gasteiger partial charge < -0.3 is 10.2 Å². The summed E-state index contributed by atoms with van der Waals surface area (Å²) in [5, 5.41) is 4.57. The van der Waals surface area contributed by atoms with Crippen molar-refractivity contribution in [2.24, 2.45) is 0 Å². The molecule has 0 aliphatic carbocycles. The molecule has 25 heavy (non-hydrogen) atoms. The van der Waals surface area contributed by atoms with Crippen LogP contribution in [0.5, 0.6) is 0 Å².